The van der Waals surface area contributed by atoms with Crippen molar-refractivity contribution in [3.05, 3.63) is 41.6 Å². The molecular formula is C14H13NO3. The molecule has 2 aromatic rings. The number of rotatable bonds is 3. The predicted molar refractivity (Wildman–Crippen MR) is 67.4 cm³/mol. The summed E-state index contributed by atoms with van der Waals surface area (Å²) in [5.74, 6) is -0.776. The maximum absolute atomic E-state index is 12.1. The number of methoxy groups -OCH3 is 1. The number of hydrogen-bond acceptors (Lipinski definition) is 4. The van der Waals surface area contributed by atoms with E-state index in [0.717, 1.165) is 16.6 Å². The second-order valence-electron chi connectivity index (χ2n) is 4.00. The van der Waals surface area contributed by atoms with E-state index in [1.807, 2.05) is 31.2 Å². The molecule has 1 aromatic heterocycles. The monoisotopic (exact) mass is 243 g/mol. The first-order chi connectivity index (χ1) is 8.61. The summed E-state index contributed by atoms with van der Waals surface area (Å²) in [7, 11) is 1.27. The van der Waals surface area contributed by atoms with Gasteiger partial charge in [-0.3, -0.25) is 14.6 Å². The number of pyridine rings is 1. The van der Waals surface area contributed by atoms with Crippen LogP contribution in [0.1, 0.15) is 22.5 Å². The Balaban J connectivity index is 2.49. The lowest BCUT2D eigenvalue weighted by Gasteiger charge is -2.06. The molecule has 0 amide bonds. The molecule has 18 heavy (non-hydrogen) atoms. The normalized spacial score (nSPS) is 10.3. The number of benzene rings is 1. The van der Waals surface area contributed by atoms with Gasteiger partial charge in [-0.15, -0.1) is 0 Å². The van der Waals surface area contributed by atoms with E-state index >= 15 is 0 Å². The molecule has 0 radical (unpaired) electrons. The van der Waals surface area contributed by atoms with E-state index in [9.17, 15) is 9.59 Å². The van der Waals surface area contributed by atoms with Gasteiger partial charge in [0.2, 0.25) is 0 Å². The molecule has 0 atom stereocenters. The number of ketones is 1. The molecule has 0 saturated heterocycles. The fourth-order valence-electron chi connectivity index (χ4n) is 1.84. The average molecular weight is 243 g/mol. The van der Waals surface area contributed by atoms with Crippen molar-refractivity contribution in [1.82, 2.24) is 4.98 Å². The number of nitrogens with zero attached hydrogens (tertiary/aromatic N) is 1. The first kappa shape index (κ1) is 12.2. The molecule has 0 spiro atoms. The summed E-state index contributed by atoms with van der Waals surface area (Å²) in [6.45, 7) is 1.82. The van der Waals surface area contributed by atoms with Crippen molar-refractivity contribution in [2.24, 2.45) is 0 Å². The summed E-state index contributed by atoms with van der Waals surface area (Å²) in [4.78, 5) is 27.6. The van der Waals surface area contributed by atoms with Gasteiger partial charge in [-0.25, -0.2) is 0 Å². The Morgan fingerprint density at radius 3 is 2.72 bits per heavy atom. The third-order valence-electron chi connectivity index (χ3n) is 2.68. The van der Waals surface area contributed by atoms with Crippen molar-refractivity contribution >= 4 is 22.7 Å². The van der Waals surface area contributed by atoms with E-state index in [4.69, 9.17) is 0 Å². The Kier molecular flexibility index (Phi) is 3.37. The van der Waals surface area contributed by atoms with Crippen LogP contribution >= 0.6 is 0 Å². The summed E-state index contributed by atoms with van der Waals surface area (Å²) in [5, 5.41) is 0.761. The number of hydrogen-bond donors (Lipinski definition) is 0. The largest absolute Gasteiger partial charge is 0.469 e. The molecule has 0 N–H and O–H groups in total. The number of carbonyl (C=O) groups is 2. The van der Waals surface area contributed by atoms with Crippen LogP contribution in [0.15, 0.2) is 30.3 Å². The van der Waals surface area contributed by atoms with Gasteiger partial charge in [0.25, 0.3) is 0 Å². The molecule has 0 unspecified atom stereocenters. The highest BCUT2D eigenvalue weighted by Gasteiger charge is 2.15. The first-order valence-electron chi connectivity index (χ1n) is 5.58. The molecule has 0 saturated carbocycles. The number of para-hydroxylation sites is 1. The number of aryl methyl sites for hydroxylation is 1. The maximum Gasteiger partial charge on any atom is 0.313 e. The van der Waals surface area contributed by atoms with Gasteiger partial charge < -0.3 is 4.74 Å². The van der Waals surface area contributed by atoms with E-state index in [-0.39, 0.29) is 12.2 Å². The highest BCUT2D eigenvalue weighted by molar-refractivity contribution is 6.12. The molecular weight excluding hydrogens is 230 g/mol. The highest BCUT2D eigenvalue weighted by atomic mass is 16.5. The Labute approximate surface area is 105 Å². The van der Waals surface area contributed by atoms with Crippen LogP contribution in [0.5, 0.6) is 0 Å². The van der Waals surface area contributed by atoms with Crippen molar-refractivity contribution in [3.8, 4) is 0 Å². The topological polar surface area (TPSA) is 56.3 Å². The minimum Gasteiger partial charge on any atom is -0.469 e. The zero-order chi connectivity index (χ0) is 13.1. The van der Waals surface area contributed by atoms with Gasteiger partial charge in [0.1, 0.15) is 6.42 Å². The number of Topliss-reactive ketones (excluding diaryl/α,β-unsaturated/α-hetero) is 1. The Hall–Kier alpha value is -2.23. The minimum absolute atomic E-state index is 0.246. The second kappa shape index (κ2) is 4.96. The summed E-state index contributed by atoms with van der Waals surface area (Å²) in [6.07, 6.45) is -0.246. The van der Waals surface area contributed by atoms with Crippen LogP contribution in [-0.2, 0) is 9.53 Å². The predicted octanol–water partition coefficient (Wildman–Crippen LogP) is 2.29. The molecule has 4 heteroatoms. The van der Waals surface area contributed by atoms with E-state index in [1.165, 1.54) is 7.11 Å². The number of fused-ring (bicyclic) bond motifs is 1. The summed E-state index contributed by atoms with van der Waals surface area (Å²) >= 11 is 0. The van der Waals surface area contributed by atoms with Crippen LogP contribution in [0.3, 0.4) is 0 Å². The smallest absolute Gasteiger partial charge is 0.313 e. The number of aromatic nitrogens is 1. The summed E-state index contributed by atoms with van der Waals surface area (Å²) < 4.78 is 4.51. The molecule has 1 aromatic carbocycles. The van der Waals surface area contributed by atoms with Gasteiger partial charge >= 0.3 is 5.97 Å². The Morgan fingerprint density at radius 1 is 1.28 bits per heavy atom. The Bertz CT molecular complexity index is 619. The first-order valence-corrected chi connectivity index (χ1v) is 5.58. The van der Waals surface area contributed by atoms with Crippen LogP contribution < -0.4 is 0 Å². The highest BCUT2D eigenvalue weighted by Crippen LogP contribution is 2.19. The van der Waals surface area contributed by atoms with Crippen molar-refractivity contribution in [2.45, 2.75) is 13.3 Å². The molecule has 0 fully saturated rings. The van der Waals surface area contributed by atoms with Gasteiger partial charge in [0.05, 0.1) is 12.6 Å². The van der Waals surface area contributed by atoms with Crippen molar-refractivity contribution in [2.75, 3.05) is 7.11 Å². The third kappa shape index (κ3) is 2.37. The van der Waals surface area contributed by atoms with Gasteiger partial charge in [0.15, 0.2) is 5.78 Å². The second-order valence-corrected chi connectivity index (χ2v) is 4.00. The van der Waals surface area contributed by atoms with Crippen LogP contribution in [0.4, 0.5) is 0 Å². The van der Waals surface area contributed by atoms with Crippen LogP contribution in [0.2, 0.25) is 0 Å². The zero-order valence-electron chi connectivity index (χ0n) is 10.3. The van der Waals surface area contributed by atoms with Crippen LogP contribution in [0, 0.1) is 6.92 Å². The maximum atomic E-state index is 12.1. The Morgan fingerprint density at radius 2 is 2.00 bits per heavy atom. The van der Waals surface area contributed by atoms with E-state index in [1.54, 1.807) is 6.07 Å². The van der Waals surface area contributed by atoms with Crippen molar-refractivity contribution < 1.29 is 14.3 Å². The molecule has 4 nitrogen and oxygen atoms in total. The molecule has 0 aliphatic rings. The van der Waals surface area contributed by atoms with Crippen molar-refractivity contribution in [3.63, 3.8) is 0 Å². The lowest BCUT2D eigenvalue weighted by Crippen LogP contribution is -2.10. The molecule has 92 valence electrons. The average Bonchev–Trinajstić information content (AvgIpc) is 2.37. The number of esters is 1. The SMILES string of the molecule is COC(=O)CC(=O)c1cc(C)nc2ccccc12. The summed E-state index contributed by atoms with van der Waals surface area (Å²) in [6, 6.07) is 9.08. The number of carbonyl (C=O) groups excluding carboxylic acids is 2. The molecule has 2 rings (SSSR count). The molecule has 0 bridgehead atoms. The lowest BCUT2D eigenvalue weighted by atomic mass is 10.0. The minimum atomic E-state index is -0.529. The molecule has 0 aliphatic heterocycles. The van der Waals surface area contributed by atoms with Gasteiger partial charge in [-0.2, -0.15) is 0 Å². The van der Waals surface area contributed by atoms with Gasteiger partial charge in [0, 0.05) is 16.6 Å². The molecule has 0 aliphatic carbocycles. The fraction of sp³-hybridized carbons (Fsp3) is 0.214. The van der Waals surface area contributed by atoms with E-state index < -0.39 is 5.97 Å². The zero-order valence-corrected chi connectivity index (χ0v) is 10.3. The third-order valence-corrected chi connectivity index (χ3v) is 2.68. The number of ether oxygens (including phenoxy) is 1. The van der Waals surface area contributed by atoms with Gasteiger partial charge in [-0.05, 0) is 19.1 Å². The quantitative estimate of drug-likeness (QED) is 0.471. The fourth-order valence-corrected chi connectivity index (χ4v) is 1.84. The lowest BCUT2D eigenvalue weighted by molar-refractivity contribution is -0.139. The van der Waals surface area contributed by atoms with E-state index in [2.05, 4.69) is 9.72 Å². The van der Waals surface area contributed by atoms with Crippen LogP contribution in [0.25, 0.3) is 10.9 Å². The van der Waals surface area contributed by atoms with Crippen molar-refractivity contribution in [1.29, 1.82) is 0 Å². The standard InChI is InChI=1S/C14H13NO3/c1-9-7-11(13(16)8-14(17)18-2)10-5-3-4-6-12(10)15-9/h3-7H,8H2,1-2H3. The van der Waals surface area contributed by atoms with E-state index in [0.29, 0.717) is 5.56 Å². The van der Waals surface area contributed by atoms with Crippen LogP contribution in [-0.4, -0.2) is 23.8 Å². The van der Waals surface area contributed by atoms with Gasteiger partial charge in [-0.1, -0.05) is 18.2 Å². The molecule has 1 heterocycles. The summed E-state index contributed by atoms with van der Waals surface area (Å²) in [5.41, 5.74) is 2.02.